The summed E-state index contributed by atoms with van der Waals surface area (Å²) in [7, 11) is 0. The number of benzene rings is 1. The molecule has 1 aromatic heterocycles. The number of rotatable bonds is 4. The van der Waals surface area contributed by atoms with Gasteiger partial charge >= 0.3 is 5.97 Å². The Kier molecular flexibility index (Phi) is 4.90. The van der Waals surface area contributed by atoms with E-state index in [4.69, 9.17) is 16.3 Å². The summed E-state index contributed by atoms with van der Waals surface area (Å²) >= 11 is 5.89. The molecule has 23 heavy (non-hydrogen) atoms. The molecule has 0 amide bonds. The molecule has 1 aromatic carbocycles. The zero-order chi connectivity index (χ0) is 17.1. The Morgan fingerprint density at radius 1 is 1.39 bits per heavy atom. The Morgan fingerprint density at radius 2 is 2.09 bits per heavy atom. The highest BCUT2D eigenvalue weighted by Gasteiger charge is 2.20. The minimum absolute atomic E-state index is 0.0266. The van der Waals surface area contributed by atoms with Crippen LogP contribution in [-0.4, -0.2) is 20.9 Å². The molecule has 0 aliphatic heterocycles. The van der Waals surface area contributed by atoms with Crippen LogP contribution < -0.4 is 0 Å². The molecule has 1 atom stereocenters. The van der Waals surface area contributed by atoms with E-state index >= 15 is 0 Å². The van der Waals surface area contributed by atoms with Crippen LogP contribution in [0, 0.1) is 24.0 Å². The van der Waals surface area contributed by atoms with Crippen molar-refractivity contribution in [1.29, 1.82) is 0 Å². The van der Waals surface area contributed by atoms with Crippen LogP contribution in [0.3, 0.4) is 0 Å². The number of hydrogen-bond donors (Lipinski definition) is 0. The number of hydrogen-bond acceptors (Lipinski definition) is 6. The fourth-order valence-corrected chi connectivity index (χ4v) is 2.13. The summed E-state index contributed by atoms with van der Waals surface area (Å²) in [6, 6.07) is 4.67. The van der Waals surface area contributed by atoms with Crippen molar-refractivity contribution in [2.45, 2.75) is 26.9 Å². The highest BCUT2D eigenvalue weighted by Crippen LogP contribution is 2.26. The molecule has 0 fully saturated rings. The number of ether oxygens (including phenoxy) is 1. The van der Waals surface area contributed by atoms with Gasteiger partial charge in [-0.05, 0) is 26.3 Å². The van der Waals surface area contributed by atoms with Gasteiger partial charge < -0.3 is 4.74 Å². The van der Waals surface area contributed by atoms with Crippen LogP contribution in [0.4, 0.5) is 5.69 Å². The van der Waals surface area contributed by atoms with Gasteiger partial charge in [-0.3, -0.25) is 10.1 Å². The van der Waals surface area contributed by atoms with Gasteiger partial charge in [-0.15, -0.1) is 0 Å². The number of nitro benzene ring substituents is 1. The summed E-state index contributed by atoms with van der Waals surface area (Å²) in [4.78, 5) is 30.5. The maximum absolute atomic E-state index is 12.2. The van der Waals surface area contributed by atoms with Crippen molar-refractivity contribution in [3.05, 3.63) is 62.2 Å². The molecule has 0 radical (unpaired) electrons. The second-order valence-corrected chi connectivity index (χ2v) is 5.37. The Morgan fingerprint density at radius 3 is 2.74 bits per heavy atom. The average molecular weight is 336 g/mol. The Bertz CT molecular complexity index is 779. The third kappa shape index (κ3) is 3.81. The number of carbonyl (C=O) groups excluding carboxylic acids is 1. The van der Waals surface area contributed by atoms with Gasteiger partial charge in [-0.25, -0.2) is 14.8 Å². The van der Waals surface area contributed by atoms with Crippen molar-refractivity contribution < 1.29 is 14.5 Å². The van der Waals surface area contributed by atoms with Crippen LogP contribution in [0.5, 0.6) is 0 Å². The summed E-state index contributed by atoms with van der Waals surface area (Å²) < 4.78 is 5.30. The smallest absolute Gasteiger partial charge is 0.359 e. The molecule has 0 saturated heterocycles. The summed E-state index contributed by atoms with van der Waals surface area (Å²) in [6.45, 7) is 4.89. The lowest BCUT2D eigenvalue weighted by molar-refractivity contribution is -0.385. The standard InChI is InChI=1S/C15H14ClN3O4/c1-8-4-5-11(6-13(8)19(21)22)9(2)23-15(20)14-12(16)7-17-10(3)18-14/h4-7,9H,1-3H3. The zero-order valence-electron chi connectivity index (χ0n) is 12.7. The lowest BCUT2D eigenvalue weighted by atomic mass is 10.1. The Hall–Kier alpha value is -2.54. The zero-order valence-corrected chi connectivity index (χ0v) is 13.5. The highest BCUT2D eigenvalue weighted by atomic mass is 35.5. The first-order chi connectivity index (χ1) is 10.8. The van der Waals surface area contributed by atoms with Gasteiger partial charge in [-0.2, -0.15) is 0 Å². The second-order valence-electron chi connectivity index (χ2n) is 4.96. The van der Waals surface area contributed by atoms with Gasteiger partial charge in [0, 0.05) is 11.6 Å². The van der Waals surface area contributed by atoms with E-state index in [9.17, 15) is 14.9 Å². The van der Waals surface area contributed by atoms with Crippen LogP contribution in [0.2, 0.25) is 5.02 Å². The fourth-order valence-electron chi connectivity index (χ4n) is 1.96. The van der Waals surface area contributed by atoms with Gasteiger partial charge in [-0.1, -0.05) is 23.7 Å². The van der Waals surface area contributed by atoms with Crippen LogP contribution in [-0.2, 0) is 4.74 Å². The first kappa shape index (κ1) is 16.8. The molecular formula is C15H14ClN3O4. The first-order valence-electron chi connectivity index (χ1n) is 6.74. The quantitative estimate of drug-likeness (QED) is 0.481. The molecule has 1 unspecified atom stereocenters. The third-order valence-corrected chi connectivity index (χ3v) is 3.52. The highest BCUT2D eigenvalue weighted by molar-refractivity contribution is 6.33. The maximum Gasteiger partial charge on any atom is 0.359 e. The van der Waals surface area contributed by atoms with Crippen LogP contribution in [0.1, 0.15) is 40.5 Å². The molecule has 0 aliphatic carbocycles. The van der Waals surface area contributed by atoms with E-state index in [1.54, 1.807) is 32.9 Å². The molecule has 2 rings (SSSR count). The second kappa shape index (κ2) is 6.70. The first-order valence-corrected chi connectivity index (χ1v) is 7.12. The van der Waals surface area contributed by atoms with Gasteiger partial charge in [0.25, 0.3) is 5.69 Å². The molecule has 2 aromatic rings. The molecular weight excluding hydrogens is 322 g/mol. The van der Waals surface area contributed by atoms with E-state index in [2.05, 4.69) is 9.97 Å². The van der Waals surface area contributed by atoms with Crippen molar-refractivity contribution in [3.63, 3.8) is 0 Å². The Balaban J connectivity index is 2.23. The van der Waals surface area contributed by atoms with Gasteiger partial charge in [0.2, 0.25) is 0 Å². The summed E-state index contributed by atoms with van der Waals surface area (Å²) in [5.41, 5.74) is 0.984. The molecule has 1 heterocycles. The summed E-state index contributed by atoms with van der Waals surface area (Å²) in [5.74, 6) is -0.323. The number of esters is 1. The Labute approximate surface area is 137 Å². The lowest BCUT2D eigenvalue weighted by Gasteiger charge is -2.14. The van der Waals surface area contributed by atoms with Crippen molar-refractivity contribution in [1.82, 2.24) is 9.97 Å². The molecule has 0 spiro atoms. The average Bonchev–Trinajstić information content (AvgIpc) is 2.49. The monoisotopic (exact) mass is 335 g/mol. The summed E-state index contributed by atoms with van der Waals surface area (Å²) in [5, 5.41) is 11.1. The van der Waals surface area contributed by atoms with E-state index < -0.39 is 17.0 Å². The van der Waals surface area contributed by atoms with Crippen molar-refractivity contribution in [3.8, 4) is 0 Å². The minimum atomic E-state index is -0.712. The summed E-state index contributed by atoms with van der Waals surface area (Å²) in [6.07, 6.45) is 0.634. The molecule has 0 saturated carbocycles. The number of halogens is 1. The normalized spacial score (nSPS) is 11.8. The predicted molar refractivity (Wildman–Crippen MR) is 83.4 cm³/mol. The third-order valence-electron chi connectivity index (χ3n) is 3.24. The number of nitro groups is 1. The van der Waals surface area contributed by atoms with E-state index in [0.29, 0.717) is 17.0 Å². The number of nitrogens with zero attached hydrogens (tertiary/aromatic N) is 3. The number of aryl methyl sites for hydroxylation is 2. The molecule has 0 bridgehead atoms. The van der Waals surface area contributed by atoms with Crippen LogP contribution in [0.25, 0.3) is 0 Å². The molecule has 120 valence electrons. The van der Waals surface area contributed by atoms with Crippen molar-refractivity contribution in [2.24, 2.45) is 0 Å². The molecule has 0 aliphatic rings. The minimum Gasteiger partial charge on any atom is -0.453 e. The van der Waals surface area contributed by atoms with E-state index in [1.165, 1.54) is 12.3 Å². The predicted octanol–water partition coefficient (Wildman–Crippen LogP) is 3.57. The molecule has 7 nitrogen and oxygen atoms in total. The topological polar surface area (TPSA) is 95.2 Å². The lowest BCUT2D eigenvalue weighted by Crippen LogP contribution is -2.13. The molecule has 0 N–H and O–H groups in total. The van der Waals surface area contributed by atoms with Gasteiger partial charge in [0.05, 0.1) is 16.1 Å². The van der Waals surface area contributed by atoms with Crippen molar-refractivity contribution in [2.75, 3.05) is 0 Å². The number of aromatic nitrogens is 2. The maximum atomic E-state index is 12.2. The van der Waals surface area contributed by atoms with E-state index in [-0.39, 0.29) is 16.4 Å². The number of carbonyl (C=O) groups is 1. The van der Waals surface area contributed by atoms with Gasteiger partial charge in [0.1, 0.15) is 11.9 Å². The van der Waals surface area contributed by atoms with E-state index in [0.717, 1.165) is 0 Å². The van der Waals surface area contributed by atoms with E-state index in [1.807, 2.05) is 0 Å². The van der Waals surface area contributed by atoms with Crippen molar-refractivity contribution >= 4 is 23.3 Å². The SMILES string of the molecule is Cc1ncc(Cl)c(C(=O)OC(C)c2ccc(C)c([N+](=O)[O-])c2)n1. The fraction of sp³-hybridized carbons (Fsp3) is 0.267. The molecule has 8 heteroatoms. The van der Waals surface area contributed by atoms with Crippen LogP contribution in [0.15, 0.2) is 24.4 Å². The largest absolute Gasteiger partial charge is 0.453 e. The van der Waals surface area contributed by atoms with Crippen LogP contribution >= 0.6 is 11.6 Å². The van der Waals surface area contributed by atoms with Gasteiger partial charge in [0.15, 0.2) is 5.69 Å².